The van der Waals surface area contributed by atoms with Crippen LogP contribution < -0.4 is 11.2 Å². The van der Waals surface area contributed by atoms with Crippen molar-refractivity contribution in [2.24, 2.45) is 5.73 Å². The van der Waals surface area contributed by atoms with Crippen molar-refractivity contribution in [2.45, 2.75) is 0 Å². The lowest BCUT2D eigenvalue weighted by atomic mass is 9.78. The number of hydrogen-bond acceptors (Lipinski definition) is 3. The molecule has 0 saturated heterocycles. The predicted molar refractivity (Wildman–Crippen MR) is 62.3 cm³/mol. The second-order valence-electron chi connectivity index (χ2n) is 3.53. The number of carbonyl (C=O) groups is 1. The third kappa shape index (κ3) is 1.78. The number of nitrogens with two attached hydrogens (primary N) is 1. The lowest BCUT2D eigenvalue weighted by Crippen LogP contribution is -2.31. The molecule has 2 rings (SSSR count). The Morgan fingerprint density at radius 3 is 2.50 bits per heavy atom. The van der Waals surface area contributed by atoms with Gasteiger partial charge in [0.15, 0.2) is 0 Å². The van der Waals surface area contributed by atoms with Crippen LogP contribution in [0.2, 0.25) is 0 Å². The average molecular weight is 215 g/mol. The van der Waals surface area contributed by atoms with Crippen molar-refractivity contribution >= 4 is 29.3 Å². The number of hydrogen-bond donors (Lipinski definition) is 3. The van der Waals surface area contributed by atoms with Gasteiger partial charge in [0, 0.05) is 5.56 Å². The Morgan fingerprint density at radius 1 is 1.19 bits per heavy atom. The monoisotopic (exact) mass is 215 g/mol. The van der Waals surface area contributed by atoms with E-state index in [1.807, 2.05) is 0 Å². The van der Waals surface area contributed by atoms with E-state index < -0.39 is 13.0 Å². The van der Waals surface area contributed by atoms with E-state index >= 15 is 0 Å². The molecule has 16 heavy (non-hydrogen) atoms. The summed E-state index contributed by atoms with van der Waals surface area (Å²) in [5.74, 6) is -0.585. The van der Waals surface area contributed by atoms with E-state index in [2.05, 4.69) is 0 Å². The first kappa shape index (κ1) is 10.7. The maximum atomic E-state index is 11.2. The van der Waals surface area contributed by atoms with Crippen molar-refractivity contribution in [3.8, 4) is 0 Å². The third-order valence-electron chi connectivity index (χ3n) is 2.45. The average Bonchev–Trinajstić information content (AvgIpc) is 2.27. The topological polar surface area (TPSA) is 83.6 Å². The van der Waals surface area contributed by atoms with Crippen molar-refractivity contribution in [1.82, 2.24) is 0 Å². The molecule has 0 aliphatic carbocycles. The first-order valence-corrected chi connectivity index (χ1v) is 4.78. The fraction of sp³-hybridized carbons (Fsp3) is 0. The molecule has 0 bridgehead atoms. The molecule has 4 N–H and O–H groups in total. The second-order valence-corrected chi connectivity index (χ2v) is 3.53. The molecule has 0 fully saturated rings. The van der Waals surface area contributed by atoms with Crippen LogP contribution in [0.25, 0.3) is 10.8 Å². The lowest BCUT2D eigenvalue weighted by Gasteiger charge is -2.07. The highest BCUT2D eigenvalue weighted by Crippen LogP contribution is 2.17. The summed E-state index contributed by atoms with van der Waals surface area (Å²) in [6.07, 6.45) is 0. The molecule has 0 aromatic heterocycles. The zero-order valence-electron chi connectivity index (χ0n) is 8.42. The summed E-state index contributed by atoms with van der Waals surface area (Å²) in [5.41, 5.74) is 5.80. The Kier molecular flexibility index (Phi) is 2.64. The Balaban J connectivity index is 2.79. The summed E-state index contributed by atoms with van der Waals surface area (Å²) in [6, 6.07) is 10.2. The van der Waals surface area contributed by atoms with Gasteiger partial charge in [-0.25, -0.2) is 0 Å². The molecule has 0 saturated carbocycles. The lowest BCUT2D eigenvalue weighted by molar-refractivity contribution is 0.100. The third-order valence-corrected chi connectivity index (χ3v) is 2.45. The molecule has 0 heterocycles. The number of fused-ring (bicyclic) bond motifs is 1. The summed E-state index contributed by atoms with van der Waals surface area (Å²) in [4.78, 5) is 11.2. The Hall–Kier alpha value is -1.85. The molecule has 0 atom stereocenters. The summed E-state index contributed by atoms with van der Waals surface area (Å²) >= 11 is 0. The molecule has 4 nitrogen and oxygen atoms in total. The van der Waals surface area contributed by atoms with Gasteiger partial charge in [0.05, 0.1) is 0 Å². The van der Waals surface area contributed by atoms with Gasteiger partial charge in [-0.1, -0.05) is 30.3 Å². The van der Waals surface area contributed by atoms with Gasteiger partial charge in [-0.15, -0.1) is 0 Å². The number of rotatable bonds is 2. The van der Waals surface area contributed by atoms with E-state index in [0.717, 1.165) is 5.39 Å². The van der Waals surface area contributed by atoms with E-state index in [1.54, 1.807) is 30.3 Å². The summed E-state index contributed by atoms with van der Waals surface area (Å²) < 4.78 is 0. The summed E-state index contributed by atoms with van der Waals surface area (Å²) in [6.45, 7) is 0. The fourth-order valence-corrected chi connectivity index (χ4v) is 1.69. The van der Waals surface area contributed by atoms with Crippen molar-refractivity contribution in [3.63, 3.8) is 0 Å². The van der Waals surface area contributed by atoms with Gasteiger partial charge < -0.3 is 15.8 Å². The largest absolute Gasteiger partial charge is 0.488 e. The Labute approximate surface area is 92.5 Å². The van der Waals surface area contributed by atoms with Crippen LogP contribution in [0.1, 0.15) is 10.4 Å². The molecule has 0 aliphatic rings. The zero-order chi connectivity index (χ0) is 11.7. The SMILES string of the molecule is NC(=O)c1cc(B(O)O)cc2ccccc12. The maximum Gasteiger partial charge on any atom is 0.488 e. The van der Waals surface area contributed by atoms with Crippen molar-refractivity contribution in [1.29, 1.82) is 0 Å². The minimum atomic E-state index is -1.61. The normalized spacial score (nSPS) is 10.4. The van der Waals surface area contributed by atoms with E-state index in [4.69, 9.17) is 15.8 Å². The van der Waals surface area contributed by atoms with Crippen LogP contribution in [0.3, 0.4) is 0 Å². The predicted octanol–water partition coefficient (Wildman–Crippen LogP) is -0.382. The minimum Gasteiger partial charge on any atom is -0.423 e. The highest BCUT2D eigenvalue weighted by atomic mass is 16.4. The van der Waals surface area contributed by atoms with Gasteiger partial charge in [-0.3, -0.25) is 4.79 Å². The smallest absolute Gasteiger partial charge is 0.423 e. The maximum absolute atomic E-state index is 11.2. The molecular weight excluding hydrogens is 205 g/mol. The molecule has 80 valence electrons. The van der Waals surface area contributed by atoms with Crippen LogP contribution in [0.4, 0.5) is 0 Å². The minimum absolute atomic E-state index is 0.257. The molecular formula is C11H10BNO3. The molecule has 0 radical (unpaired) electrons. The fourth-order valence-electron chi connectivity index (χ4n) is 1.69. The number of primary amides is 1. The van der Waals surface area contributed by atoms with Gasteiger partial charge in [0.2, 0.25) is 5.91 Å². The molecule has 1 amide bonds. The van der Waals surface area contributed by atoms with Crippen LogP contribution in [-0.2, 0) is 0 Å². The zero-order valence-corrected chi connectivity index (χ0v) is 8.42. The molecule has 5 heteroatoms. The van der Waals surface area contributed by atoms with Crippen molar-refractivity contribution in [3.05, 3.63) is 42.0 Å². The second kappa shape index (κ2) is 3.96. The van der Waals surface area contributed by atoms with Gasteiger partial charge >= 0.3 is 7.12 Å². The Morgan fingerprint density at radius 2 is 1.88 bits per heavy atom. The highest BCUT2D eigenvalue weighted by Gasteiger charge is 2.15. The number of benzene rings is 2. The van der Waals surface area contributed by atoms with E-state index in [-0.39, 0.29) is 5.46 Å². The van der Waals surface area contributed by atoms with E-state index in [1.165, 1.54) is 6.07 Å². The molecule has 0 aliphatic heterocycles. The molecule has 2 aromatic rings. The standard InChI is InChI=1S/C11H10BNO3/c13-11(14)10-6-8(12(15)16)5-7-3-1-2-4-9(7)10/h1-6,15-16H,(H2,13,14). The van der Waals surface area contributed by atoms with Crippen LogP contribution in [0.5, 0.6) is 0 Å². The van der Waals surface area contributed by atoms with Gasteiger partial charge in [0.25, 0.3) is 0 Å². The molecule has 0 spiro atoms. The first-order chi connectivity index (χ1) is 7.59. The Bertz CT molecular complexity index is 554. The van der Waals surface area contributed by atoms with Gasteiger partial charge in [-0.05, 0) is 22.3 Å². The molecule has 0 unspecified atom stereocenters. The number of amides is 1. The summed E-state index contributed by atoms with van der Waals surface area (Å²) in [7, 11) is -1.61. The van der Waals surface area contributed by atoms with Crippen molar-refractivity contribution in [2.75, 3.05) is 0 Å². The van der Waals surface area contributed by atoms with E-state index in [9.17, 15) is 4.79 Å². The summed E-state index contributed by atoms with van der Waals surface area (Å²) in [5, 5.41) is 19.6. The van der Waals surface area contributed by atoms with Gasteiger partial charge in [-0.2, -0.15) is 0 Å². The number of carbonyl (C=O) groups excluding carboxylic acids is 1. The van der Waals surface area contributed by atoms with E-state index in [0.29, 0.717) is 10.9 Å². The van der Waals surface area contributed by atoms with Gasteiger partial charge in [0.1, 0.15) is 0 Å². The van der Waals surface area contributed by atoms with Crippen LogP contribution in [0, 0.1) is 0 Å². The van der Waals surface area contributed by atoms with Crippen LogP contribution in [0.15, 0.2) is 36.4 Å². The van der Waals surface area contributed by atoms with Crippen LogP contribution >= 0.6 is 0 Å². The highest BCUT2D eigenvalue weighted by molar-refractivity contribution is 6.59. The quantitative estimate of drug-likeness (QED) is 0.597. The van der Waals surface area contributed by atoms with Crippen molar-refractivity contribution < 1.29 is 14.8 Å². The first-order valence-electron chi connectivity index (χ1n) is 4.78. The molecule has 2 aromatic carbocycles. The van der Waals surface area contributed by atoms with Crippen LogP contribution in [-0.4, -0.2) is 23.1 Å².